The molecule has 0 saturated carbocycles. The van der Waals surface area contributed by atoms with Crippen LogP contribution in [0, 0.1) is 0 Å². The Morgan fingerprint density at radius 3 is 1.50 bits per heavy atom. The monoisotopic (exact) mass is 131 g/mol. The summed E-state index contributed by atoms with van der Waals surface area (Å²) in [6.45, 7) is 0. The summed E-state index contributed by atoms with van der Waals surface area (Å²) in [4.78, 5) is 0. The van der Waals surface area contributed by atoms with Crippen molar-refractivity contribution in [2.75, 3.05) is 0 Å². The van der Waals surface area contributed by atoms with Gasteiger partial charge in [0.15, 0.2) is 0 Å². The summed E-state index contributed by atoms with van der Waals surface area (Å²) in [6, 6.07) is 0. The van der Waals surface area contributed by atoms with Crippen LogP contribution in [-0.2, 0) is 40.5 Å². The second kappa shape index (κ2) is 23.1. The van der Waals surface area contributed by atoms with E-state index >= 15 is 0 Å². The molecule has 0 rings (SSSR count). The van der Waals surface area contributed by atoms with Gasteiger partial charge in [0.25, 0.3) is 0 Å². The third-order valence-electron chi connectivity index (χ3n) is 0. The molecule has 1 radical (unpaired) electrons. The van der Waals surface area contributed by atoms with Crippen LogP contribution >= 0.6 is 0 Å². The first kappa shape index (κ1) is 17.5. The van der Waals surface area contributed by atoms with E-state index in [1.165, 1.54) is 0 Å². The van der Waals surface area contributed by atoms with E-state index in [1.54, 1.807) is 0 Å². The Kier molecular flexibility index (Phi) is 101. The second-order valence-electron chi connectivity index (χ2n) is 0. The first-order chi connectivity index (χ1) is 1.00. The Morgan fingerprint density at radius 1 is 1.50 bits per heavy atom. The summed E-state index contributed by atoms with van der Waals surface area (Å²) < 4.78 is 8.25. The molecule has 0 unspecified atom stereocenters. The van der Waals surface area contributed by atoms with Gasteiger partial charge in [-0.3, -0.25) is 0 Å². The van der Waals surface area contributed by atoms with E-state index < -0.39 is 0 Å². The van der Waals surface area contributed by atoms with Crippen LogP contribution in [0.5, 0.6) is 0 Å². The van der Waals surface area contributed by atoms with Crippen LogP contribution in [-0.4, -0.2) is 0 Å². The van der Waals surface area contributed by atoms with Crippen LogP contribution in [0.15, 0.2) is 0 Å². The summed E-state index contributed by atoms with van der Waals surface area (Å²) in [6.07, 6.45) is 0. The van der Waals surface area contributed by atoms with Crippen LogP contribution < -0.4 is 18.9 Å². The van der Waals surface area contributed by atoms with E-state index in [0.717, 1.165) is 20.4 Å². The van der Waals surface area contributed by atoms with Gasteiger partial charge in [0.1, 0.15) is 0 Å². The van der Waals surface area contributed by atoms with Crippen molar-refractivity contribution >= 4 is 0 Å². The van der Waals surface area contributed by atoms with Crippen molar-refractivity contribution in [1.82, 2.24) is 0 Å². The van der Waals surface area contributed by atoms with E-state index in [-0.39, 0.29) is 37.1 Å². The molecule has 0 fully saturated rings. The van der Waals surface area contributed by atoms with Gasteiger partial charge in [0, 0.05) is 16.8 Å². The first-order valence-electron chi connectivity index (χ1n) is 0.204. The van der Waals surface area contributed by atoms with Crippen LogP contribution in [0.2, 0.25) is 0 Å². The molecule has 0 spiro atoms. The molecule has 0 aliphatic rings. The Morgan fingerprint density at radius 2 is 1.50 bits per heavy atom. The van der Waals surface area contributed by atoms with Crippen LogP contribution in [0.4, 0.5) is 0 Å². The van der Waals surface area contributed by atoms with Crippen LogP contribution in [0.3, 0.4) is 0 Å². The Balaban J connectivity index is -0.00000000167. The fraction of sp³-hybridized carbons (Fsp3) is 0. The average Bonchev–Trinajstić information content (AvgIpc) is 1.00. The van der Waals surface area contributed by atoms with Crippen LogP contribution in [0.25, 0.3) is 0 Å². The fourth-order valence-electron chi connectivity index (χ4n) is 0. The first-order valence-corrected chi connectivity index (χ1v) is 0.842. The second-order valence-corrected chi connectivity index (χ2v) is 0. The third-order valence-corrected chi connectivity index (χ3v) is 0. The van der Waals surface area contributed by atoms with Crippen molar-refractivity contribution in [2.24, 2.45) is 0 Å². The van der Waals surface area contributed by atoms with E-state index in [2.05, 4.69) is 0 Å². The Hall–Kier alpha value is 1.62. The topological polar surface area (TPSA) is 17.1 Å². The molecule has 21 valence electrons. The molecule has 0 N–H and O–H groups in total. The molecule has 0 aromatic heterocycles. The SMILES string of the molecule is [Co].[H-].[Li+].[O]=[Ti]. The zero-order valence-electron chi connectivity index (χ0n) is 3.24. The molecular weight excluding hydrogens is 130 g/mol. The predicted molar refractivity (Wildman–Crippen MR) is 1.80 cm³/mol. The molecule has 0 saturated heterocycles. The minimum atomic E-state index is 0. The molecule has 4 heteroatoms. The van der Waals surface area contributed by atoms with Gasteiger partial charge in [0.2, 0.25) is 0 Å². The molecule has 0 aromatic rings. The molecule has 0 aliphatic heterocycles. The standard InChI is InChI=1S/Co.Li.O.Ti.H/q;+1;;;-1. The van der Waals surface area contributed by atoms with Crippen molar-refractivity contribution < 1.29 is 60.8 Å². The maximum absolute atomic E-state index is 8.25. The zero-order valence-corrected chi connectivity index (χ0v) is 4.84. The van der Waals surface area contributed by atoms with Gasteiger partial charge in [-0.25, -0.2) is 0 Å². The molecule has 0 aliphatic carbocycles. The maximum atomic E-state index is 8.25. The number of rotatable bonds is 0. The van der Waals surface area contributed by atoms with Gasteiger partial charge in [-0.2, -0.15) is 0 Å². The van der Waals surface area contributed by atoms with Gasteiger partial charge >= 0.3 is 42.6 Å². The molecule has 1 nitrogen and oxygen atoms in total. The summed E-state index contributed by atoms with van der Waals surface area (Å²) >= 11 is 0.750. The van der Waals surface area contributed by atoms with Gasteiger partial charge in [-0.15, -0.1) is 0 Å². The summed E-state index contributed by atoms with van der Waals surface area (Å²) in [5.41, 5.74) is 0. The van der Waals surface area contributed by atoms with Crippen molar-refractivity contribution in [3.63, 3.8) is 0 Å². The van der Waals surface area contributed by atoms with Crippen molar-refractivity contribution in [2.45, 2.75) is 0 Å². The van der Waals surface area contributed by atoms with E-state index in [1.807, 2.05) is 0 Å². The summed E-state index contributed by atoms with van der Waals surface area (Å²) in [5, 5.41) is 0. The predicted octanol–water partition coefficient (Wildman–Crippen LogP) is -3.01. The summed E-state index contributed by atoms with van der Waals surface area (Å²) in [7, 11) is 0. The number of hydrogen-bond acceptors (Lipinski definition) is 1. The van der Waals surface area contributed by atoms with Gasteiger partial charge in [0.05, 0.1) is 0 Å². The zero-order chi connectivity index (χ0) is 2.00. The average molecular weight is 131 g/mol. The van der Waals surface area contributed by atoms with Crippen molar-refractivity contribution in [3.8, 4) is 0 Å². The molecule has 0 aromatic carbocycles. The Bertz CT molecular complexity index is 11.6. The van der Waals surface area contributed by atoms with Crippen LogP contribution in [0.1, 0.15) is 1.43 Å². The molecule has 0 amide bonds. The van der Waals surface area contributed by atoms with E-state index in [0.29, 0.717) is 0 Å². The fourth-order valence-corrected chi connectivity index (χ4v) is 0. The molecule has 0 heterocycles. The van der Waals surface area contributed by atoms with Gasteiger partial charge < -0.3 is 1.43 Å². The molecule has 4 heavy (non-hydrogen) atoms. The van der Waals surface area contributed by atoms with Crippen molar-refractivity contribution in [3.05, 3.63) is 0 Å². The summed E-state index contributed by atoms with van der Waals surface area (Å²) in [5.74, 6) is 0. The van der Waals surface area contributed by atoms with E-state index in [9.17, 15) is 0 Å². The minimum absolute atomic E-state index is 0. The van der Waals surface area contributed by atoms with Gasteiger partial charge in [-0.1, -0.05) is 0 Å². The normalized spacial score (nSPS) is 0.750. The van der Waals surface area contributed by atoms with Gasteiger partial charge in [-0.05, 0) is 0 Å². The quantitative estimate of drug-likeness (QED) is 0.320. The van der Waals surface area contributed by atoms with E-state index in [4.69, 9.17) is 3.32 Å². The molecule has 0 bridgehead atoms. The number of hydrogen-bond donors (Lipinski definition) is 0. The Labute approximate surface area is 60.5 Å². The molecule has 0 atom stereocenters. The van der Waals surface area contributed by atoms with Crippen molar-refractivity contribution in [1.29, 1.82) is 0 Å². The third kappa shape index (κ3) is 9.47. The molecular formula is HCoLiOTi.